The Labute approximate surface area is 84.7 Å². The van der Waals surface area contributed by atoms with Crippen LogP contribution in [0.2, 0.25) is 0 Å². The number of hydrogen-bond acceptors (Lipinski definition) is 3. The molecule has 0 aliphatic heterocycles. The molecule has 0 bridgehead atoms. The van der Waals surface area contributed by atoms with Gasteiger partial charge in [-0.15, -0.1) is 0 Å². The zero-order valence-electron chi connectivity index (χ0n) is 7.18. The van der Waals surface area contributed by atoms with Gasteiger partial charge in [0.25, 0.3) is 0 Å². The van der Waals surface area contributed by atoms with E-state index in [0.717, 1.165) is 11.1 Å². The van der Waals surface area contributed by atoms with Crippen LogP contribution in [-0.2, 0) is 0 Å². The number of carboxylic acid groups (broad SMARTS) is 1. The summed E-state index contributed by atoms with van der Waals surface area (Å²) in [6.45, 7) is 0. The predicted octanol–water partition coefficient (Wildman–Crippen LogP) is 2.51. The lowest BCUT2D eigenvalue weighted by Crippen LogP contribution is -1.98. The maximum Gasteiger partial charge on any atom is 0.354 e. The molecule has 0 aliphatic carbocycles. The molecule has 2 aromatic rings. The Morgan fingerprint density at radius 3 is 2.64 bits per heavy atom. The van der Waals surface area contributed by atoms with Crippen molar-refractivity contribution in [2.24, 2.45) is 0 Å². The van der Waals surface area contributed by atoms with Gasteiger partial charge in [0.05, 0.1) is 0 Å². The number of nitrogens with zero attached hydrogens (tertiary/aromatic N) is 1. The summed E-state index contributed by atoms with van der Waals surface area (Å²) in [5.74, 6) is -0.998. The van der Waals surface area contributed by atoms with E-state index in [1.165, 1.54) is 6.07 Å². The van der Waals surface area contributed by atoms with Gasteiger partial charge in [-0.05, 0) is 28.5 Å². The van der Waals surface area contributed by atoms with E-state index in [-0.39, 0.29) is 5.69 Å². The Morgan fingerprint density at radius 1 is 1.29 bits per heavy atom. The third-order valence-electron chi connectivity index (χ3n) is 1.84. The van der Waals surface area contributed by atoms with Crippen molar-refractivity contribution in [3.05, 3.63) is 40.8 Å². The van der Waals surface area contributed by atoms with Gasteiger partial charge in [0.2, 0.25) is 0 Å². The first-order valence-electron chi connectivity index (χ1n) is 3.99. The van der Waals surface area contributed by atoms with Crippen molar-refractivity contribution >= 4 is 17.3 Å². The quantitative estimate of drug-likeness (QED) is 0.819. The van der Waals surface area contributed by atoms with E-state index < -0.39 is 5.97 Å². The van der Waals surface area contributed by atoms with Crippen molar-refractivity contribution in [1.82, 2.24) is 4.98 Å². The van der Waals surface area contributed by atoms with Crippen LogP contribution in [0.3, 0.4) is 0 Å². The molecule has 0 atom stereocenters. The molecule has 3 nitrogen and oxygen atoms in total. The molecule has 2 rings (SSSR count). The second-order valence-electron chi connectivity index (χ2n) is 2.75. The van der Waals surface area contributed by atoms with Gasteiger partial charge in [-0.3, -0.25) is 0 Å². The second kappa shape index (κ2) is 3.59. The highest BCUT2D eigenvalue weighted by molar-refractivity contribution is 7.08. The van der Waals surface area contributed by atoms with E-state index in [0.29, 0.717) is 0 Å². The molecular weight excluding hydrogens is 198 g/mol. The molecule has 0 unspecified atom stereocenters. The Hall–Kier alpha value is -1.68. The lowest BCUT2D eigenvalue weighted by atomic mass is 10.1. The molecule has 0 aromatic carbocycles. The molecule has 0 radical (unpaired) electrons. The number of aromatic carboxylic acids is 1. The molecule has 70 valence electrons. The summed E-state index contributed by atoms with van der Waals surface area (Å²) in [6.07, 6.45) is 1.57. The Balaban J connectivity index is 2.36. The number of carbonyl (C=O) groups is 1. The largest absolute Gasteiger partial charge is 0.477 e. The molecule has 4 heteroatoms. The Kier molecular flexibility index (Phi) is 2.28. The summed E-state index contributed by atoms with van der Waals surface area (Å²) in [5.41, 5.74) is 2.08. The minimum absolute atomic E-state index is 0.0731. The number of rotatable bonds is 2. The van der Waals surface area contributed by atoms with Crippen molar-refractivity contribution < 1.29 is 9.90 Å². The van der Waals surface area contributed by atoms with Gasteiger partial charge >= 0.3 is 5.97 Å². The minimum atomic E-state index is -0.998. The highest BCUT2D eigenvalue weighted by atomic mass is 32.1. The first-order chi connectivity index (χ1) is 6.77. The molecule has 14 heavy (non-hydrogen) atoms. The second-order valence-corrected chi connectivity index (χ2v) is 3.53. The molecule has 0 amide bonds. The van der Waals surface area contributed by atoms with Gasteiger partial charge in [-0.1, -0.05) is 6.07 Å². The van der Waals surface area contributed by atoms with Crippen LogP contribution >= 0.6 is 11.3 Å². The van der Waals surface area contributed by atoms with E-state index in [4.69, 9.17) is 5.11 Å². The summed E-state index contributed by atoms with van der Waals surface area (Å²) in [5, 5.41) is 12.6. The highest BCUT2D eigenvalue weighted by Gasteiger charge is 2.04. The molecular formula is C10H7NO2S. The Bertz CT molecular complexity index is 434. The SMILES string of the molecule is O=C(O)c1ccc(-c2ccsc2)cn1. The smallest absolute Gasteiger partial charge is 0.354 e. The van der Waals surface area contributed by atoms with Crippen molar-refractivity contribution in [3.63, 3.8) is 0 Å². The average Bonchev–Trinajstić information content (AvgIpc) is 2.71. The fourth-order valence-corrected chi connectivity index (χ4v) is 1.78. The van der Waals surface area contributed by atoms with E-state index in [2.05, 4.69) is 4.98 Å². The van der Waals surface area contributed by atoms with Crippen LogP contribution in [0.4, 0.5) is 0 Å². The molecule has 0 spiro atoms. The van der Waals surface area contributed by atoms with Crippen LogP contribution in [0, 0.1) is 0 Å². The van der Waals surface area contributed by atoms with E-state index in [1.807, 2.05) is 16.8 Å². The van der Waals surface area contributed by atoms with Crippen LogP contribution < -0.4 is 0 Å². The zero-order chi connectivity index (χ0) is 9.97. The summed E-state index contributed by atoms with van der Waals surface area (Å²) in [7, 11) is 0. The van der Waals surface area contributed by atoms with Crippen LogP contribution in [0.1, 0.15) is 10.5 Å². The van der Waals surface area contributed by atoms with Gasteiger partial charge in [-0.25, -0.2) is 9.78 Å². The summed E-state index contributed by atoms with van der Waals surface area (Å²) < 4.78 is 0. The fourth-order valence-electron chi connectivity index (χ4n) is 1.12. The predicted molar refractivity (Wildman–Crippen MR) is 54.5 cm³/mol. The number of thiophene rings is 1. The van der Waals surface area contributed by atoms with Crippen LogP contribution in [0.5, 0.6) is 0 Å². The summed E-state index contributed by atoms with van der Waals surface area (Å²) in [4.78, 5) is 14.4. The molecule has 0 saturated heterocycles. The van der Waals surface area contributed by atoms with Gasteiger partial charge in [0.15, 0.2) is 0 Å². The van der Waals surface area contributed by atoms with E-state index in [1.54, 1.807) is 23.6 Å². The lowest BCUT2D eigenvalue weighted by molar-refractivity contribution is 0.0690. The molecule has 0 fully saturated rings. The van der Waals surface area contributed by atoms with Gasteiger partial charge in [0, 0.05) is 11.8 Å². The summed E-state index contributed by atoms with van der Waals surface area (Å²) in [6, 6.07) is 5.25. The van der Waals surface area contributed by atoms with Crippen molar-refractivity contribution in [3.8, 4) is 11.1 Å². The normalized spacial score (nSPS) is 10.0. The van der Waals surface area contributed by atoms with Crippen molar-refractivity contribution in [2.75, 3.05) is 0 Å². The third kappa shape index (κ3) is 1.65. The molecule has 2 heterocycles. The minimum Gasteiger partial charge on any atom is -0.477 e. The molecule has 0 saturated carbocycles. The number of aromatic nitrogens is 1. The highest BCUT2D eigenvalue weighted by Crippen LogP contribution is 2.20. The monoisotopic (exact) mass is 205 g/mol. The standard InChI is InChI=1S/C10H7NO2S/c12-10(13)9-2-1-7(5-11-9)8-3-4-14-6-8/h1-6H,(H,12,13). The maximum atomic E-state index is 10.5. The van der Waals surface area contributed by atoms with E-state index >= 15 is 0 Å². The maximum absolute atomic E-state index is 10.5. The number of hydrogen-bond donors (Lipinski definition) is 1. The molecule has 1 N–H and O–H groups in total. The topological polar surface area (TPSA) is 50.2 Å². The molecule has 2 aromatic heterocycles. The van der Waals surface area contributed by atoms with Gasteiger partial charge in [-0.2, -0.15) is 11.3 Å². The van der Waals surface area contributed by atoms with Gasteiger partial charge in [0.1, 0.15) is 5.69 Å². The third-order valence-corrected chi connectivity index (χ3v) is 2.52. The summed E-state index contributed by atoms with van der Waals surface area (Å²) >= 11 is 1.60. The molecule has 0 aliphatic rings. The van der Waals surface area contributed by atoms with Crippen molar-refractivity contribution in [2.45, 2.75) is 0 Å². The van der Waals surface area contributed by atoms with E-state index in [9.17, 15) is 4.79 Å². The number of carboxylic acids is 1. The van der Waals surface area contributed by atoms with Crippen LogP contribution in [-0.4, -0.2) is 16.1 Å². The number of pyridine rings is 1. The van der Waals surface area contributed by atoms with Crippen LogP contribution in [0.25, 0.3) is 11.1 Å². The lowest BCUT2D eigenvalue weighted by Gasteiger charge is -1.97. The van der Waals surface area contributed by atoms with Crippen molar-refractivity contribution in [1.29, 1.82) is 0 Å². The average molecular weight is 205 g/mol. The first-order valence-corrected chi connectivity index (χ1v) is 4.93. The van der Waals surface area contributed by atoms with Gasteiger partial charge < -0.3 is 5.11 Å². The fraction of sp³-hybridized carbons (Fsp3) is 0. The van der Waals surface area contributed by atoms with Crippen LogP contribution in [0.15, 0.2) is 35.2 Å². The first kappa shape index (κ1) is 8.90. The Morgan fingerprint density at radius 2 is 2.14 bits per heavy atom. The zero-order valence-corrected chi connectivity index (χ0v) is 7.99.